The zero-order valence-electron chi connectivity index (χ0n) is 22.8. The number of carbonyl (C=O) groups excluding carboxylic acids is 3. The van der Waals surface area contributed by atoms with Crippen LogP contribution in [0.3, 0.4) is 0 Å². The van der Waals surface area contributed by atoms with Crippen molar-refractivity contribution in [2.75, 3.05) is 30.6 Å². The van der Waals surface area contributed by atoms with Gasteiger partial charge in [-0.15, -0.1) is 0 Å². The number of hydrogen-bond donors (Lipinski definition) is 8. The first-order chi connectivity index (χ1) is 19.0. The summed E-state index contributed by atoms with van der Waals surface area (Å²) in [4.78, 5) is 54.8. The predicted octanol–water partition coefficient (Wildman–Crippen LogP) is -0.639. The van der Waals surface area contributed by atoms with Crippen LogP contribution in [0.1, 0.15) is 31.2 Å². The maximum absolute atomic E-state index is 13.4. The van der Waals surface area contributed by atoms with E-state index in [-0.39, 0.29) is 37.5 Å². The van der Waals surface area contributed by atoms with Crippen molar-refractivity contribution in [1.29, 1.82) is 0 Å². The number of carbonyl (C=O) groups is 4. The van der Waals surface area contributed by atoms with Gasteiger partial charge in [0, 0.05) is 13.0 Å². The summed E-state index contributed by atoms with van der Waals surface area (Å²) < 4.78 is 0. The second-order valence-corrected chi connectivity index (χ2v) is 11.0. The van der Waals surface area contributed by atoms with Crippen LogP contribution in [0.5, 0.6) is 5.75 Å². The van der Waals surface area contributed by atoms with E-state index < -0.39 is 47.9 Å². The third-order valence-corrected chi connectivity index (χ3v) is 7.07. The summed E-state index contributed by atoms with van der Waals surface area (Å²) >= 11 is 3.00. The van der Waals surface area contributed by atoms with Crippen LogP contribution >= 0.6 is 23.5 Å². The first kappa shape index (κ1) is 34.9. The van der Waals surface area contributed by atoms with Crippen LogP contribution in [0.25, 0.3) is 0 Å². The number of nitrogens with zero attached hydrogens (tertiary/aromatic N) is 1. The van der Waals surface area contributed by atoms with E-state index in [1.165, 1.54) is 23.9 Å². The summed E-state index contributed by atoms with van der Waals surface area (Å²) in [5.74, 6) is -1.92. The van der Waals surface area contributed by atoms with Gasteiger partial charge in [0.1, 0.15) is 23.9 Å². The fraction of sp³-hybridized carbons (Fsp3) is 0.560. The molecular weight excluding hydrogens is 558 g/mol. The standard InChI is InChI=1S/C25H41N7O6S2/c1-39-12-9-17(26)21(34)32-20(14-15-5-7-16(33)8-6-15)23(36)30-18(10-13-40-2)22(35)31-19(24(37)38)4-3-11-29-25(27)28/h5-8,17-20,33H,3-4,9-14,26H2,1-2H3,(H,30,36)(H,31,35)(H,32,34)(H,37,38)(H4,27,28,29). The quantitative estimate of drug-likeness (QED) is 0.0565. The number of carboxylic acid groups (broad SMARTS) is 1. The van der Waals surface area contributed by atoms with E-state index in [2.05, 4.69) is 20.9 Å². The van der Waals surface area contributed by atoms with Crippen molar-refractivity contribution in [2.45, 2.75) is 56.3 Å². The fourth-order valence-electron chi connectivity index (χ4n) is 3.54. The molecule has 0 aliphatic carbocycles. The molecule has 0 aromatic heterocycles. The Labute approximate surface area is 242 Å². The second-order valence-electron chi connectivity index (χ2n) is 9.01. The number of carboxylic acids is 1. The Morgan fingerprint density at radius 1 is 0.850 bits per heavy atom. The van der Waals surface area contributed by atoms with Gasteiger partial charge in [-0.25, -0.2) is 4.79 Å². The van der Waals surface area contributed by atoms with Gasteiger partial charge in [-0.05, 0) is 67.4 Å². The van der Waals surface area contributed by atoms with E-state index in [0.29, 0.717) is 29.9 Å². The van der Waals surface area contributed by atoms with Crippen molar-refractivity contribution in [3.63, 3.8) is 0 Å². The molecule has 1 rings (SSSR count). The maximum atomic E-state index is 13.4. The zero-order chi connectivity index (χ0) is 30.1. The Bertz CT molecular complexity index is 992. The van der Waals surface area contributed by atoms with Crippen molar-refractivity contribution in [3.8, 4) is 5.75 Å². The summed E-state index contributed by atoms with van der Waals surface area (Å²) in [6, 6.07) is 2.00. The maximum Gasteiger partial charge on any atom is 0.326 e. The Morgan fingerprint density at radius 3 is 1.98 bits per heavy atom. The lowest BCUT2D eigenvalue weighted by Crippen LogP contribution is -2.57. The summed E-state index contributed by atoms with van der Waals surface area (Å²) in [5, 5.41) is 27.0. The molecule has 0 heterocycles. The Balaban J connectivity index is 3.06. The molecule has 1 aromatic carbocycles. The molecule has 15 heteroatoms. The minimum Gasteiger partial charge on any atom is -0.508 e. The van der Waals surface area contributed by atoms with E-state index in [4.69, 9.17) is 17.2 Å². The van der Waals surface area contributed by atoms with Crippen LogP contribution in [0, 0.1) is 0 Å². The Kier molecular flexibility index (Phi) is 16.6. The number of aliphatic carboxylic acids is 1. The smallest absolute Gasteiger partial charge is 0.326 e. The Morgan fingerprint density at radius 2 is 1.40 bits per heavy atom. The van der Waals surface area contributed by atoms with Crippen LogP contribution in [-0.4, -0.2) is 94.6 Å². The van der Waals surface area contributed by atoms with Crippen molar-refractivity contribution >= 4 is 53.2 Å². The highest BCUT2D eigenvalue weighted by molar-refractivity contribution is 7.98. The minimum absolute atomic E-state index is 0.0490. The molecule has 1 aromatic rings. The first-order valence-electron chi connectivity index (χ1n) is 12.7. The van der Waals surface area contributed by atoms with Crippen molar-refractivity contribution < 1.29 is 29.4 Å². The van der Waals surface area contributed by atoms with E-state index in [1.807, 2.05) is 12.5 Å². The zero-order valence-corrected chi connectivity index (χ0v) is 24.4. The number of nitrogens with one attached hydrogen (secondary N) is 3. The van der Waals surface area contributed by atoms with Crippen LogP contribution < -0.4 is 33.2 Å². The number of aliphatic imine (C=N–C) groups is 1. The van der Waals surface area contributed by atoms with Crippen LogP contribution in [0.15, 0.2) is 29.3 Å². The summed E-state index contributed by atoms with van der Waals surface area (Å²) in [7, 11) is 0. The minimum atomic E-state index is -1.23. The average molecular weight is 600 g/mol. The highest BCUT2D eigenvalue weighted by Crippen LogP contribution is 2.13. The van der Waals surface area contributed by atoms with Gasteiger partial charge in [-0.2, -0.15) is 23.5 Å². The lowest BCUT2D eigenvalue weighted by Gasteiger charge is -2.25. The molecule has 40 heavy (non-hydrogen) atoms. The summed E-state index contributed by atoms with van der Waals surface area (Å²) in [6.07, 6.45) is 4.84. The molecule has 4 atom stereocenters. The molecule has 0 fully saturated rings. The van der Waals surface area contributed by atoms with E-state index in [1.54, 1.807) is 23.9 Å². The molecule has 224 valence electrons. The van der Waals surface area contributed by atoms with Gasteiger partial charge in [0.05, 0.1) is 6.04 Å². The molecule has 0 aliphatic rings. The predicted molar refractivity (Wildman–Crippen MR) is 159 cm³/mol. The molecular formula is C25H41N7O6S2. The fourth-order valence-corrected chi connectivity index (χ4v) is 4.50. The van der Waals surface area contributed by atoms with Crippen molar-refractivity contribution in [2.24, 2.45) is 22.2 Å². The number of benzene rings is 1. The number of rotatable bonds is 19. The van der Waals surface area contributed by atoms with E-state index in [9.17, 15) is 29.4 Å². The van der Waals surface area contributed by atoms with Gasteiger partial charge in [0.2, 0.25) is 17.7 Å². The normalized spacial score (nSPS) is 13.8. The molecule has 0 saturated heterocycles. The number of aromatic hydroxyl groups is 1. The molecule has 0 spiro atoms. The van der Waals surface area contributed by atoms with E-state index >= 15 is 0 Å². The number of phenols is 1. The lowest BCUT2D eigenvalue weighted by molar-refractivity contribution is -0.142. The van der Waals surface area contributed by atoms with E-state index in [0.717, 1.165) is 0 Å². The summed E-state index contributed by atoms with van der Waals surface area (Å²) in [6.45, 7) is 0.201. The number of phenolic OH excluding ortho intramolecular Hbond substituents is 1. The van der Waals surface area contributed by atoms with Gasteiger partial charge in [-0.3, -0.25) is 19.4 Å². The molecule has 0 bridgehead atoms. The van der Waals surface area contributed by atoms with Crippen LogP contribution in [-0.2, 0) is 25.6 Å². The molecule has 4 unspecified atom stereocenters. The van der Waals surface area contributed by atoms with Gasteiger partial charge in [0.25, 0.3) is 0 Å². The second kappa shape index (κ2) is 19.0. The third kappa shape index (κ3) is 13.8. The monoisotopic (exact) mass is 599 g/mol. The number of hydrogen-bond acceptors (Lipinski definition) is 9. The van der Waals surface area contributed by atoms with Crippen LogP contribution in [0.4, 0.5) is 0 Å². The number of guanidine groups is 1. The van der Waals surface area contributed by atoms with Crippen LogP contribution in [0.2, 0.25) is 0 Å². The lowest BCUT2D eigenvalue weighted by atomic mass is 10.0. The molecule has 11 N–H and O–H groups in total. The van der Waals surface area contributed by atoms with Gasteiger partial charge < -0.3 is 43.4 Å². The van der Waals surface area contributed by atoms with Crippen molar-refractivity contribution in [1.82, 2.24) is 16.0 Å². The molecule has 13 nitrogen and oxygen atoms in total. The molecule has 3 amide bonds. The highest BCUT2D eigenvalue weighted by atomic mass is 32.2. The first-order valence-corrected chi connectivity index (χ1v) is 15.5. The number of thioether (sulfide) groups is 2. The average Bonchev–Trinajstić information content (AvgIpc) is 2.91. The summed E-state index contributed by atoms with van der Waals surface area (Å²) in [5.41, 5.74) is 17.2. The topological polar surface area (TPSA) is 235 Å². The number of nitrogens with two attached hydrogens (primary N) is 3. The largest absolute Gasteiger partial charge is 0.508 e. The van der Waals surface area contributed by atoms with Crippen molar-refractivity contribution in [3.05, 3.63) is 29.8 Å². The molecule has 0 saturated carbocycles. The van der Waals surface area contributed by atoms with Gasteiger partial charge >= 0.3 is 5.97 Å². The van der Waals surface area contributed by atoms with Gasteiger partial charge in [-0.1, -0.05) is 12.1 Å². The van der Waals surface area contributed by atoms with Gasteiger partial charge in [0.15, 0.2) is 5.96 Å². The molecule has 0 aliphatic heterocycles. The number of amides is 3. The highest BCUT2D eigenvalue weighted by Gasteiger charge is 2.30. The Hall–Kier alpha value is -3.17. The SMILES string of the molecule is CSCCC(N)C(=O)NC(Cc1ccc(O)cc1)C(=O)NC(CCSC)C(=O)NC(CCCN=C(N)N)C(=O)O. The molecule has 0 radical (unpaired) electrons. The third-order valence-electron chi connectivity index (χ3n) is 5.78.